The Morgan fingerprint density at radius 3 is 2.33 bits per heavy atom. The van der Waals surface area contributed by atoms with E-state index < -0.39 is 11.8 Å². The lowest BCUT2D eigenvalue weighted by molar-refractivity contribution is -0.108. The van der Waals surface area contributed by atoms with Crippen LogP contribution in [0.2, 0.25) is 0 Å². The number of para-hydroxylation sites is 2. The fourth-order valence-corrected chi connectivity index (χ4v) is 3.20. The third-order valence-corrected chi connectivity index (χ3v) is 4.74. The number of aliphatic hydroxyl groups is 1. The van der Waals surface area contributed by atoms with Crippen LogP contribution in [0.15, 0.2) is 78.9 Å². The number of fused-ring (bicyclic) bond motifs is 1. The third kappa shape index (κ3) is 3.17. The molecule has 0 fully saturated rings. The van der Waals surface area contributed by atoms with Gasteiger partial charge in [0, 0.05) is 0 Å². The molecule has 1 heterocycles. The summed E-state index contributed by atoms with van der Waals surface area (Å²) in [4.78, 5) is 0. The van der Waals surface area contributed by atoms with Crippen molar-refractivity contribution >= 4 is 11.0 Å². The average Bonchev–Trinajstić information content (AvgIpc) is 3.13. The van der Waals surface area contributed by atoms with Gasteiger partial charge in [0.1, 0.15) is 17.4 Å². The molecule has 0 radical (unpaired) electrons. The van der Waals surface area contributed by atoms with Crippen molar-refractivity contribution in [3.63, 3.8) is 0 Å². The molecule has 0 aliphatic rings. The van der Waals surface area contributed by atoms with Crippen LogP contribution in [-0.4, -0.2) is 20.1 Å². The van der Waals surface area contributed by atoms with Crippen molar-refractivity contribution in [3.8, 4) is 5.75 Å². The molecular weight excluding hydrogens is 338 g/mol. The Bertz CT molecular complexity index is 1040. The van der Waals surface area contributed by atoms with Gasteiger partial charge in [-0.05, 0) is 43.7 Å². The molecule has 0 aliphatic heterocycles. The summed E-state index contributed by atoms with van der Waals surface area (Å²) in [5.74, 6) is 0.644. The van der Waals surface area contributed by atoms with E-state index in [4.69, 9.17) is 4.74 Å². The van der Waals surface area contributed by atoms with E-state index in [2.05, 4.69) is 10.3 Å². The van der Waals surface area contributed by atoms with Gasteiger partial charge < -0.3 is 9.84 Å². The number of aromatic nitrogens is 3. The second kappa shape index (κ2) is 6.85. The normalized spacial score (nSPS) is 14.6. The summed E-state index contributed by atoms with van der Waals surface area (Å²) in [6.07, 6.45) is -0.955. The minimum Gasteiger partial charge on any atom is -0.463 e. The summed E-state index contributed by atoms with van der Waals surface area (Å²) in [6.45, 7) is 3.84. The Balaban J connectivity index is 1.85. The monoisotopic (exact) mass is 359 g/mol. The van der Waals surface area contributed by atoms with Gasteiger partial charge in [-0.2, -0.15) is 4.68 Å². The predicted octanol–water partition coefficient (Wildman–Crippen LogP) is 4.23. The molecule has 1 aromatic heterocycles. The molecule has 0 spiro atoms. The zero-order valence-corrected chi connectivity index (χ0v) is 15.3. The van der Waals surface area contributed by atoms with E-state index in [1.54, 1.807) is 4.68 Å². The molecule has 4 aromatic rings. The number of hydrogen-bond acceptors (Lipinski definition) is 4. The first-order valence-electron chi connectivity index (χ1n) is 8.87. The highest BCUT2D eigenvalue weighted by atomic mass is 16.5. The number of ether oxygens (including phenoxy) is 1. The maximum Gasteiger partial charge on any atom is 0.231 e. The number of aliphatic hydroxyl groups excluding tert-OH is 1. The average molecular weight is 359 g/mol. The Labute approximate surface area is 157 Å². The number of benzene rings is 3. The molecule has 27 heavy (non-hydrogen) atoms. The molecule has 5 nitrogen and oxygen atoms in total. The molecule has 0 amide bonds. The van der Waals surface area contributed by atoms with Gasteiger partial charge in [-0.1, -0.05) is 65.4 Å². The van der Waals surface area contributed by atoms with Crippen LogP contribution >= 0.6 is 0 Å². The number of hydrogen-bond donors (Lipinski definition) is 1. The first-order valence-corrected chi connectivity index (χ1v) is 8.87. The minimum absolute atomic E-state index is 0.644. The van der Waals surface area contributed by atoms with E-state index in [9.17, 15) is 5.11 Å². The maximum absolute atomic E-state index is 11.3. The zero-order valence-electron chi connectivity index (χ0n) is 15.3. The molecule has 4 rings (SSSR count). The molecule has 2 atom stereocenters. The van der Waals surface area contributed by atoms with Crippen molar-refractivity contribution in [3.05, 3.63) is 90.0 Å². The van der Waals surface area contributed by atoms with Crippen molar-refractivity contribution in [1.82, 2.24) is 15.0 Å². The lowest BCUT2D eigenvalue weighted by Gasteiger charge is -2.35. The predicted molar refractivity (Wildman–Crippen MR) is 104 cm³/mol. The van der Waals surface area contributed by atoms with Gasteiger partial charge in [0.2, 0.25) is 5.72 Å². The minimum atomic E-state index is -1.19. The van der Waals surface area contributed by atoms with E-state index in [0.717, 1.165) is 22.2 Å². The number of nitrogens with zero attached hydrogens (tertiary/aromatic N) is 3. The molecular formula is C22H21N3O2. The lowest BCUT2D eigenvalue weighted by Crippen LogP contribution is -2.43. The number of rotatable bonds is 5. The Hall–Kier alpha value is -3.18. The summed E-state index contributed by atoms with van der Waals surface area (Å²) < 4.78 is 7.96. The van der Waals surface area contributed by atoms with Gasteiger partial charge in [-0.3, -0.25) is 0 Å². The fourth-order valence-electron chi connectivity index (χ4n) is 3.20. The van der Waals surface area contributed by atoms with Crippen LogP contribution in [0.25, 0.3) is 11.0 Å². The van der Waals surface area contributed by atoms with E-state index in [-0.39, 0.29) is 0 Å². The smallest absolute Gasteiger partial charge is 0.231 e. The third-order valence-electron chi connectivity index (χ3n) is 4.74. The molecule has 3 aromatic carbocycles. The standard InChI is InChI=1S/C22H21N3O2/c1-16-12-14-17(15-13-16)21(26)22(2,27-18-8-4-3-5-9-18)25-20-11-7-6-10-19(20)23-24-25/h3-15,21,26H,1-2H3. The van der Waals surface area contributed by atoms with E-state index in [1.807, 2.05) is 92.7 Å². The van der Waals surface area contributed by atoms with Crippen LogP contribution in [-0.2, 0) is 5.72 Å². The SMILES string of the molecule is Cc1ccc(C(O)C(C)(Oc2ccccc2)n2nnc3ccccc32)cc1. The zero-order chi connectivity index (χ0) is 18.9. The van der Waals surface area contributed by atoms with Crippen LogP contribution in [0.3, 0.4) is 0 Å². The molecule has 5 heteroatoms. The van der Waals surface area contributed by atoms with Crippen molar-refractivity contribution in [2.75, 3.05) is 0 Å². The van der Waals surface area contributed by atoms with Crippen LogP contribution in [0, 0.1) is 6.92 Å². The molecule has 0 aliphatic carbocycles. The van der Waals surface area contributed by atoms with Crippen molar-refractivity contribution in [2.24, 2.45) is 0 Å². The molecule has 0 bridgehead atoms. The second-order valence-electron chi connectivity index (χ2n) is 6.77. The van der Waals surface area contributed by atoms with Crippen LogP contribution in [0.4, 0.5) is 0 Å². The summed E-state index contributed by atoms with van der Waals surface area (Å²) in [5.41, 5.74) is 2.23. The van der Waals surface area contributed by atoms with Crippen LogP contribution in [0.5, 0.6) is 5.75 Å². The summed E-state index contributed by atoms with van der Waals surface area (Å²) in [5, 5.41) is 19.9. The maximum atomic E-state index is 11.3. The summed E-state index contributed by atoms with van der Waals surface area (Å²) >= 11 is 0. The Kier molecular flexibility index (Phi) is 4.38. The van der Waals surface area contributed by atoms with Crippen molar-refractivity contribution < 1.29 is 9.84 Å². The highest BCUT2D eigenvalue weighted by molar-refractivity contribution is 5.74. The van der Waals surface area contributed by atoms with E-state index in [0.29, 0.717) is 5.75 Å². The van der Waals surface area contributed by atoms with Gasteiger partial charge in [0.15, 0.2) is 0 Å². The largest absolute Gasteiger partial charge is 0.463 e. The van der Waals surface area contributed by atoms with Gasteiger partial charge in [-0.25, -0.2) is 0 Å². The quantitative estimate of drug-likeness (QED) is 0.579. The highest BCUT2D eigenvalue weighted by Crippen LogP contribution is 2.36. The number of aryl methyl sites for hydroxylation is 1. The van der Waals surface area contributed by atoms with Gasteiger partial charge in [0.05, 0.1) is 5.52 Å². The first kappa shape index (κ1) is 17.2. The van der Waals surface area contributed by atoms with E-state index in [1.165, 1.54) is 0 Å². The summed E-state index contributed by atoms with van der Waals surface area (Å²) in [6, 6.07) is 24.8. The second-order valence-corrected chi connectivity index (χ2v) is 6.77. The molecule has 136 valence electrons. The first-order chi connectivity index (χ1) is 13.1. The molecule has 1 N–H and O–H groups in total. The molecule has 2 unspecified atom stereocenters. The highest BCUT2D eigenvalue weighted by Gasteiger charge is 2.41. The summed E-state index contributed by atoms with van der Waals surface area (Å²) in [7, 11) is 0. The Morgan fingerprint density at radius 1 is 0.926 bits per heavy atom. The van der Waals surface area contributed by atoms with Crippen molar-refractivity contribution in [1.29, 1.82) is 0 Å². The van der Waals surface area contributed by atoms with Gasteiger partial charge >= 0.3 is 0 Å². The molecule has 0 saturated carbocycles. The van der Waals surface area contributed by atoms with Crippen LogP contribution in [0.1, 0.15) is 24.2 Å². The van der Waals surface area contributed by atoms with Gasteiger partial charge in [-0.15, -0.1) is 5.10 Å². The molecule has 0 saturated heterocycles. The van der Waals surface area contributed by atoms with Crippen LogP contribution < -0.4 is 4.74 Å². The van der Waals surface area contributed by atoms with Crippen molar-refractivity contribution in [2.45, 2.75) is 25.7 Å². The Morgan fingerprint density at radius 2 is 1.59 bits per heavy atom. The van der Waals surface area contributed by atoms with Gasteiger partial charge in [0.25, 0.3) is 0 Å². The van der Waals surface area contributed by atoms with E-state index >= 15 is 0 Å². The lowest BCUT2D eigenvalue weighted by atomic mass is 9.98. The fraction of sp³-hybridized carbons (Fsp3) is 0.182. The topological polar surface area (TPSA) is 60.2 Å².